The summed E-state index contributed by atoms with van der Waals surface area (Å²) in [4.78, 5) is 40.3. The maximum Gasteiger partial charge on any atom is 0.317 e. The molecule has 1 N–H and O–H groups in total. The maximum absolute atomic E-state index is 12.6. The number of benzene rings is 1. The molecular formula is C21H29N3O6. The molecule has 164 valence electrons. The van der Waals surface area contributed by atoms with E-state index in [9.17, 15) is 14.4 Å². The Morgan fingerprint density at radius 1 is 1.13 bits per heavy atom. The first kappa shape index (κ1) is 21.7. The molecule has 0 saturated carbocycles. The molecule has 30 heavy (non-hydrogen) atoms. The number of carbonyl (C=O) groups is 3. The van der Waals surface area contributed by atoms with Gasteiger partial charge in [0.1, 0.15) is 0 Å². The van der Waals surface area contributed by atoms with E-state index in [2.05, 4.69) is 5.32 Å². The van der Waals surface area contributed by atoms with E-state index in [0.717, 1.165) is 0 Å². The molecule has 0 unspecified atom stereocenters. The minimum atomic E-state index is -0.277. The average Bonchev–Trinajstić information content (AvgIpc) is 3.13. The van der Waals surface area contributed by atoms with Crippen molar-refractivity contribution in [2.45, 2.75) is 32.2 Å². The molecule has 0 bridgehead atoms. The quantitative estimate of drug-likeness (QED) is 0.706. The Hall–Kier alpha value is -2.97. The fourth-order valence-electron chi connectivity index (χ4n) is 3.89. The smallest absolute Gasteiger partial charge is 0.317 e. The molecule has 2 saturated heterocycles. The lowest BCUT2D eigenvalue weighted by atomic mass is 9.97. The molecule has 0 aliphatic carbocycles. The number of hydrogen-bond donors (Lipinski definition) is 1. The highest BCUT2D eigenvalue weighted by Gasteiger charge is 2.34. The number of amides is 3. The molecule has 0 radical (unpaired) electrons. The number of hydrogen-bond acceptors (Lipinski definition) is 6. The minimum Gasteiger partial charge on any atom is -0.493 e. The second kappa shape index (κ2) is 9.69. The van der Waals surface area contributed by atoms with Gasteiger partial charge in [0.2, 0.25) is 5.91 Å². The summed E-state index contributed by atoms with van der Waals surface area (Å²) in [6.45, 7) is 3.53. The van der Waals surface area contributed by atoms with Gasteiger partial charge in [-0.3, -0.25) is 9.59 Å². The molecule has 9 nitrogen and oxygen atoms in total. The van der Waals surface area contributed by atoms with Crippen LogP contribution in [0.3, 0.4) is 0 Å². The highest BCUT2D eigenvalue weighted by atomic mass is 16.5. The van der Waals surface area contributed by atoms with Gasteiger partial charge in [-0.1, -0.05) is 0 Å². The summed E-state index contributed by atoms with van der Waals surface area (Å²) in [6, 6.07) is 4.82. The number of piperidine rings is 1. The van der Waals surface area contributed by atoms with Crippen LogP contribution in [0, 0.1) is 5.92 Å². The second-order valence-electron chi connectivity index (χ2n) is 7.41. The Bertz CT molecular complexity index is 791. The van der Waals surface area contributed by atoms with Crippen molar-refractivity contribution in [1.29, 1.82) is 0 Å². The summed E-state index contributed by atoms with van der Waals surface area (Å²) in [5, 5.41) is 2.95. The monoisotopic (exact) mass is 419 g/mol. The van der Waals surface area contributed by atoms with Gasteiger partial charge in [0.25, 0.3) is 0 Å². The van der Waals surface area contributed by atoms with Crippen LogP contribution in [0.1, 0.15) is 26.2 Å². The minimum absolute atomic E-state index is 0.0615. The largest absolute Gasteiger partial charge is 0.493 e. The number of ether oxygens (including phenoxy) is 3. The number of anilines is 1. The van der Waals surface area contributed by atoms with Crippen molar-refractivity contribution in [1.82, 2.24) is 10.2 Å². The molecule has 9 heteroatoms. The maximum atomic E-state index is 12.6. The summed E-state index contributed by atoms with van der Waals surface area (Å²) in [5.41, 5.74) is 0.699. The number of nitrogens with zero attached hydrogens (tertiary/aromatic N) is 2. The van der Waals surface area contributed by atoms with Gasteiger partial charge in [0.15, 0.2) is 11.5 Å². The first-order chi connectivity index (χ1) is 14.5. The third kappa shape index (κ3) is 4.77. The van der Waals surface area contributed by atoms with Crippen LogP contribution in [0.4, 0.5) is 10.5 Å². The van der Waals surface area contributed by atoms with E-state index >= 15 is 0 Å². The lowest BCUT2D eigenvalue weighted by molar-refractivity contribution is -0.149. The standard InChI is InChI=1S/C21H29N3O6/c1-4-30-20(26)14-7-9-23(10-8-14)21(27)22-15-11-19(25)24(13-15)16-5-6-17(28-2)18(12-16)29-3/h5-6,12,14-15H,4,7-11,13H2,1-3H3,(H,22,27)/t15-/m1/s1. The number of methoxy groups -OCH3 is 2. The van der Waals surface area contributed by atoms with Crippen molar-refractivity contribution in [3.05, 3.63) is 18.2 Å². The SMILES string of the molecule is CCOC(=O)C1CCN(C(=O)N[C@@H]2CC(=O)N(c3ccc(OC)c(OC)c3)C2)CC1. The Kier molecular flexibility index (Phi) is 7.02. The fraction of sp³-hybridized carbons (Fsp3) is 0.571. The van der Waals surface area contributed by atoms with Gasteiger partial charge >= 0.3 is 12.0 Å². The van der Waals surface area contributed by atoms with E-state index in [1.807, 2.05) is 0 Å². The van der Waals surface area contributed by atoms with E-state index in [0.29, 0.717) is 56.3 Å². The van der Waals surface area contributed by atoms with Gasteiger partial charge < -0.3 is 29.3 Å². The third-order valence-corrected chi connectivity index (χ3v) is 5.53. The fourth-order valence-corrected chi connectivity index (χ4v) is 3.89. The van der Waals surface area contributed by atoms with Crippen molar-refractivity contribution in [2.75, 3.05) is 45.4 Å². The van der Waals surface area contributed by atoms with Crippen LogP contribution in [0.25, 0.3) is 0 Å². The predicted molar refractivity (Wildman–Crippen MR) is 110 cm³/mol. The van der Waals surface area contributed by atoms with Crippen LogP contribution in [-0.4, -0.2) is 69.3 Å². The molecule has 1 atom stereocenters. The normalized spacial score (nSPS) is 19.6. The Labute approximate surface area is 176 Å². The van der Waals surface area contributed by atoms with E-state index in [1.165, 1.54) is 0 Å². The molecular weight excluding hydrogens is 390 g/mol. The van der Waals surface area contributed by atoms with Gasteiger partial charge in [-0.15, -0.1) is 0 Å². The highest BCUT2D eigenvalue weighted by molar-refractivity contribution is 5.97. The number of carbonyl (C=O) groups excluding carboxylic acids is 3. The van der Waals surface area contributed by atoms with Gasteiger partial charge in [0.05, 0.1) is 32.8 Å². The van der Waals surface area contributed by atoms with Crippen LogP contribution in [0.2, 0.25) is 0 Å². The van der Waals surface area contributed by atoms with Gasteiger partial charge in [-0.05, 0) is 31.9 Å². The Morgan fingerprint density at radius 2 is 1.83 bits per heavy atom. The Balaban J connectivity index is 1.55. The summed E-state index contributed by atoms with van der Waals surface area (Å²) in [5.74, 6) is 0.726. The van der Waals surface area contributed by atoms with Crippen molar-refractivity contribution >= 4 is 23.6 Å². The first-order valence-corrected chi connectivity index (χ1v) is 10.2. The average molecular weight is 419 g/mol. The molecule has 1 aromatic rings. The van der Waals surface area contributed by atoms with E-state index < -0.39 is 0 Å². The number of esters is 1. The molecule has 3 amide bonds. The molecule has 3 rings (SSSR count). The van der Waals surface area contributed by atoms with Crippen LogP contribution in [-0.2, 0) is 14.3 Å². The predicted octanol–water partition coefficient (Wildman–Crippen LogP) is 1.79. The van der Waals surface area contributed by atoms with E-state index in [4.69, 9.17) is 14.2 Å². The van der Waals surface area contributed by atoms with Crippen LogP contribution >= 0.6 is 0 Å². The summed E-state index contributed by atoms with van der Waals surface area (Å²) in [6.07, 6.45) is 1.42. The molecule has 0 spiro atoms. The zero-order chi connectivity index (χ0) is 21.7. The van der Waals surface area contributed by atoms with Crippen LogP contribution in [0.5, 0.6) is 11.5 Å². The van der Waals surface area contributed by atoms with Gasteiger partial charge in [-0.25, -0.2) is 4.79 Å². The second-order valence-corrected chi connectivity index (χ2v) is 7.41. The van der Waals surface area contributed by atoms with Crippen molar-refractivity contribution < 1.29 is 28.6 Å². The lowest BCUT2D eigenvalue weighted by Gasteiger charge is -2.31. The molecule has 2 fully saturated rings. The zero-order valence-corrected chi connectivity index (χ0v) is 17.7. The van der Waals surface area contributed by atoms with Gasteiger partial charge in [-0.2, -0.15) is 0 Å². The van der Waals surface area contributed by atoms with Crippen LogP contribution in [0.15, 0.2) is 18.2 Å². The number of likely N-dealkylation sites (tertiary alicyclic amines) is 1. The van der Waals surface area contributed by atoms with E-state index in [1.54, 1.807) is 49.1 Å². The topological polar surface area (TPSA) is 97.4 Å². The summed E-state index contributed by atoms with van der Waals surface area (Å²) in [7, 11) is 3.10. The zero-order valence-electron chi connectivity index (χ0n) is 17.7. The Morgan fingerprint density at radius 3 is 2.47 bits per heavy atom. The van der Waals surface area contributed by atoms with Crippen molar-refractivity contribution in [3.63, 3.8) is 0 Å². The molecule has 0 aromatic heterocycles. The van der Waals surface area contributed by atoms with Gasteiger partial charge in [0, 0.05) is 37.8 Å². The number of urea groups is 1. The van der Waals surface area contributed by atoms with Crippen molar-refractivity contribution in [2.24, 2.45) is 5.92 Å². The van der Waals surface area contributed by atoms with Crippen LogP contribution < -0.4 is 19.7 Å². The molecule has 1 aromatic carbocycles. The third-order valence-electron chi connectivity index (χ3n) is 5.53. The van der Waals surface area contributed by atoms with Crippen molar-refractivity contribution in [3.8, 4) is 11.5 Å². The number of rotatable bonds is 6. The lowest BCUT2D eigenvalue weighted by Crippen LogP contribution is -2.49. The molecule has 2 heterocycles. The number of nitrogens with one attached hydrogen (secondary N) is 1. The van der Waals surface area contributed by atoms with E-state index in [-0.39, 0.29) is 36.3 Å². The molecule has 2 aliphatic rings. The summed E-state index contributed by atoms with van der Waals surface area (Å²) < 4.78 is 15.6. The highest BCUT2D eigenvalue weighted by Crippen LogP contribution is 2.33. The summed E-state index contributed by atoms with van der Waals surface area (Å²) >= 11 is 0. The molecule has 2 aliphatic heterocycles. The first-order valence-electron chi connectivity index (χ1n) is 10.2.